The Morgan fingerprint density at radius 1 is 1.39 bits per heavy atom. The number of hydroxylamine groups is 1. The molecule has 1 unspecified atom stereocenters. The summed E-state index contributed by atoms with van der Waals surface area (Å²) in [5, 5.41) is 12.3. The van der Waals surface area contributed by atoms with Crippen molar-refractivity contribution in [3.8, 4) is 0 Å². The van der Waals surface area contributed by atoms with Gasteiger partial charge in [0.15, 0.2) is 6.10 Å². The van der Waals surface area contributed by atoms with E-state index in [-0.39, 0.29) is 0 Å². The van der Waals surface area contributed by atoms with E-state index in [4.69, 9.17) is 21.5 Å². The molecule has 0 aliphatic carbocycles. The smallest absolute Gasteiger partial charge is 0.335 e. The molecule has 1 aromatic rings. The Morgan fingerprint density at radius 2 is 2.06 bits per heavy atom. The lowest BCUT2D eigenvalue weighted by Gasteiger charge is -2.23. The lowest BCUT2D eigenvalue weighted by Crippen LogP contribution is -2.42. The van der Waals surface area contributed by atoms with Crippen LogP contribution < -0.4 is 10.5 Å². The average molecular weight is 270 g/mol. The predicted molar refractivity (Wildman–Crippen MR) is 66.2 cm³/mol. The Kier molecular flexibility index (Phi) is 3.71. The minimum Gasteiger partial charge on any atom is -0.479 e. The number of nitrogens with zero attached hydrogens (tertiary/aromatic N) is 2. The van der Waals surface area contributed by atoms with Crippen molar-refractivity contribution in [3.63, 3.8) is 0 Å². The van der Waals surface area contributed by atoms with Gasteiger partial charge in [0.25, 0.3) is 0 Å². The number of hydrazine groups is 2. The number of aliphatic carboxylic acids is 1. The lowest BCUT2D eigenvalue weighted by atomic mass is 10.3. The zero-order valence-electron chi connectivity index (χ0n) is 9.58. The molecule has 0 bridgehead atoms. The summed E-state index contributed by atoms with van der Waals surface area (Å²) in [6.45, 7) is 1.45. The van der Waals surface area contributed by atoms with Crippen LogP contribution in [0, 0.1) is 0 Å². The zero-order chi connectivity index (χ0) is 13.1. The zero-order valence-corrected chi connectivity index (χ0v) is 10.3. The Balaban J connectivity index is 1.95. The van der Waals surface area contributed by atoms with E-state index in [1.54, 1.807) is 29.5 Å². The molecule has 0 saturated heterocycles. The first-order valence-electron chi connectivity index (χ1n) is 5.24. The molecule has 96 valence electrons. The lowest BCUT2D eigenvalue weighted by molar-refractivity contribution is -0.201. The second-order valence-corrected chi connectivity index (χ2v) is 4.09. The van der Waals surface area contributed by atoms with Gasteiger partial charge in [-0.05, 0) is 31.2 Å². The van der Waals surface area contributed by atoms with Crippen molar-refractivity contribution >= 4 is 23.3 Å². The number of carboxylic acid groups (broad SMARTS) is 1. The van der Waals surface area contributed by atoms with Crippen LogP contribution in [0.15, 0.2) is 36.7 Å². The number of halogens is 1. The molecule has 0 amide bonds. The summed E-state index contributed by atoms with van der Waals surface area (Å²) in [6.07, 6.45) is 2.35. The van der Waals surface area contributed by atoms with Gasteiger partial charge in [0.2, 0.25) is 0 Å². The van der Waals surface area contributed by atoms with E-state index in [0.717, 1.165) is 5.69 Å². The Morgan fingerprint density at radius 3 is 2.67 bits per heavy atom. The Labute approximate surface area is 109 Å². The number of nitrogens with one attached hydrogen (secondary N) is 1. The van der Waals surface area contributed by atoms with Crippen molar-refractivity contribution in [1.82, 2.24) is 10.7 Å². The number of anilines is 1. The topological polar surface area (TPSA) is 65.0 Å². The molecule has 1 aromatic carbocycles. The molecule has 0 saturated carbocycles. The molecule has 0 spiro atoms. The maximum absolute atomic E-state index is 10.6. The van der Waals surface area contributed by atoms with Gasteiger partial charge in [-0.3, -0.25) is 5.01 Å². The molecule has 18 heavy (non-hydrogen) atoms. The summed E-state index contributed by atoms with van der Waals surface area (Å²) >= 11 is 5.79. The Hall–Kier alpha value is -1.76. The maximum Gasteiger partial charge on any atom is 0.335 e. The second kappa shape index (κ2) is 5.26. The van der Waals surface area contributed by atoms with Crippen LogP contribution in [0.25, 0.3) is 0 Å². The van der Waals surface area contributed by atoms with E-state index >= 15 is 0 Å². The molecular formula is C11H12ClN3O3. The molecule has 0 fully saturated rings. The van der Waals surface area contributed by atoms with Crippen LogP contribution in [0.5, 0.6) is 0 Å². The standard InChI is InChI=1S/C11H12ClN3O3/c1-8(11(16)17)18-15-7-6-14(13-15)10-4-2-9(12)3-5-10/h2-8,13H,1H3,(H,16,17). The molecule has 2 N–H and O–H groups in total. The van der Waals surface area contributed by atoms with E-state index < -0.39 is 12.1 Å². The van der Waals surface area contributed by atoms with E-state index in [1.807, 2.05) is 12.1 Å². The monoisotopic (exact) mass is 269 g/mol. The molecule has 1 aliphatic heterocycles. The molecule has 7 heteroatoms. The normalized spacial score (nSPS) is 16.1. The number of hydrogen-bond acceptors (Lipinski definition) is 5. The van der Waals surface area contributed by atoms with Gasteiger partial charge in [-0.25, -0.2) is 9.63 Å². The molecular weight excluding hydrogens is 258 g/mol. The van der Waals surface area contributed by atoms with Crippen molar-refractivity contribution in [2.45, 2.75) is 13.0 Å². The van der Waals surface area contributed by atoms with Crippen molar-refractivity contribution in [3.05, 3.63) is 41.7 Å². The van der Waals surface area contributed by atoms with Crippen LogP contribution in [0.4, 0.5) is 5.69 Å². The van der Waals surface area contributed by atoms with Gasteiger partial charge in [-0.15, -0.1) is 5.53 Å². The highest BCUT2D eigenvalue weighted by Gasteiger charge is 2.19. The van der Waals surface area contributed by atoms with Gasteiger partial charge in [0, 0.05) is 11.2 Å². The van der Waals surface area contributed by atoms with Crippen molar-refractivity contribution < 1.29 is 14.7 Å². The highest BCUT2D eigenvalue weighted by Crippen LogP contribution is 2.19. The molecule has 6 nitrogen and oxygen atoms in total. The summed E-state index contributed by atoms with van der Waals surface area (Å²) < 4.78 is 0. The van der Waals surface area contributed by atoms with E-state index in [1.165, 1.54) is 12.1 Å². The van der Waals surface area contributed by atoms with Crippen molar-refractivity contribution in [2.24, 2.45) is 0 Å². The van der Waals surface area contributed by atoms with Gasteiger partial charge in [-0.2, -0.15) is 5.17 Å². The molecule has 0 aromatic heterocycles. The number of carbonyl (C=O) groups is 1. The number of benzene rings is 1. The number of carboxylic acids is 1. The predicted octanol–water partition coefficient (Wildman–Crippen LogP) is 1.76. The van der Waals surface area contributed by atoms with Crippen LogP contribution >= 0.6 is 11.6 Å². The summed E-state index contributed by atoms with van der Waals surface area (Å²) in [7, 11) is 0. The van der Waals surface area contributed by atoms with Gasteiger partial charge in [0.1, 0.15) is 0 Å². The molecule has 1 aliphatic rings. The fourth-order valence-electron chi connectivity index (χ4n) is 1.32. The fourth-order valence-corrected chi connectivity index (χ4v) is 1.45. The quantitative estimate of drug-likeness (QED) is 0.868. The Bertz CT molecular complexity index is 463. The van der Waals surface area contributed by atoms with Gasteiger partial charge < -0.3 is 5.11 Å². The minimum absolute atomic E-state index is 0.648. The summed E-state index contributed by atoms with van der Waals surface area (Å²) in [5.74, 6) is -1.03. The minimum atomic E-state index is -1.03. The average Bonchev–Trinajstić information content (AvgIpc) is 2.78. The molecule has 1 heterocycles. The maximum atomic E-state index is 10.6. The van der Waals surface area contributed by atoms with Crippen LogP contribution in [-0.4, -0.2) is 22.4 Å². The first kappa shape index (κ1) is 12.7. The fraction of sp³-hybridized carbons (Fsp3) is 0.182. The second-order valence-electron chi connectivity index (χ2n) is 3.66. The molecule has 2 rings (SSSR count). The third-order valence-corrected chi connectivity index (χ3v) is 2.53. The SMILES string of the molecule is CC(ON1C=CN(c2ccc(Cl)cc2)N1)C(=O)O. The molecule has 1 atom stereocenters. The highest BCUT2D eigenvalue weighted by atomic mass is 35.5. The summed E-state index contributed by atoms with van der Waals surface area (Å²) in [5.41, 5.74) is 3.69. The van der Waals surface area contributed by atoms with E-state index in [2.05, 4.69) is 5.53 Å². The van der Waals surface area contributed by atoms with Gasteiger partial charge >= 0.3 is 5.97 Å². The van der Waals surface area contributed by atoms with Gasteiger partial charge in [-0.1, -0.05) is 11.6 Å². The largest absolute Gasteiger partial charge is 0.479 e. The van der Waals surface area contributed by atoms with Crippen molar-refractivity contribution in [1.29, 1.82) is 0 Å². The van der Waals surface area contributed by atoms with Crippen LogP contribution in [0.1, 0.15) is 6.92 Å². The van der Waals surface area contributed by atoms with Crippen molar-refractivity contribution in [2.75, 3.05) is 5.01 Å². The van der Waals surface area contributed by atoms with Crippen LogP contribution in [0.3, 0.4) is 0 Å². The first-order chi connectivity index (χ1) is 8.56. The number of hydrogen-bond donors (Lipinski definition) is 2. The van der Waals surface area contributed by atoms with Gasteiger partial charge in [0.05, 0.1) is 11.9 Å². The van der Waals surface area contributed by atoms with E-state index in [0.29, 0.717) is 5.02 Å². The van der Waals surface area contributed by atoms with Crippen LogP contribution in [0.2, 0.25) is 5.02 Å². The first-order valence-corrected chi connectivity index (χ1v) is 5.62. The summed E-state index contributed by atoms with van der Waals surface area (Å²) in [6, 6.07) is 7.17. The highest BCUT2D eigenvalue weighted by molar-refractivity contribution is 6.30. The van der Waals surface area contributed by atoms with E-state index in [9.17, 15) is 4.79 Å². The molecule has 0 radical (unpaired) electrons. The number of rotatable bonds is 4. The summed E-state index contributed by atoms with van der Waals surface area (Å²) in [4.78, 5) is 15.8. The van der Waals surface area contributed by atoms with Crippen LogP contribution in [-0.2, 0) is 9.63 Å². The third-order valence-electron chi connectivity index (χ3n) is 2.28. The third kappa shape index (κ3) is 2.92.